The third-order valence-electron chi connectivity index (χ3n) is 4.37. The molecule has 0 radical (unpaired) electrons. The second-order valence-corrected chi connectivity index (χ2v) is 6.30. The van der Waals surface area contributed by atoms with Gasteiger partial charge >= 0.3 is 0 Å². The SMILES string of the molecule is C=C(/N=C(\C=C/N)n1ncc2ccc(N)cc21)N[C@H]1CC[C@H](O)CC1. The van der Waals surface area contributed by atoms with Crippen LogP contribution in [-0.2, 0) is 0 Å². The van der Waals surface area contributed by atoms with Gasteiger partial charge in [-0.15, -0.1) is 0 Å². The van der Waals surface area contributed by atoms with Gasteiger partial charge in [-0.3, -0.25) is 0 Å². The van der Waals surface area contributed by atoms with Gasteiger partial charge in [0, 0.05) is 17.1 Å². The van der Waals surface area contributed by atoms with Gasteiger partial charge in [0.25, 0.3) is 0 Å². The largest absolute Gasteiger partial charge is 0.404 e. The van der Waals surface area contributed by atoms with E-state index in [0.717, 1.165) is 36.6 Å². The second-order valence-electron chi connectivity index (χ2n) is 6.30. The van der Waals surface area contributed by atoms with Crippen LogP contribution in [0.1, 0.15) is 25.7 Å². The van der Waals surface area contributed by atoms with E-state index < -0.39 is 0 Å². The number of anilines is 1. The fraction of sp³-hybridized carbons (Fsp3) is 0.333. The standard InChI is InChI=1S/C18H24N6O/c1-12(22-15-4-6-16(25)7-5-15)23-18(8-9-19)24-17-10-14(20)3-2-13(17)11-21-24/h2-3,8-11,15-16,22,25H,1,4-7,19-20H2/b9-8-,23-18+/t15-,16-. The summed E-state index contributed by atoms with van der Waals surface area (Å²) in [6.07, 6.45) is 8.06. The molecule has 6 N–H and O–H groups in total. The zero-order valence-electron chi connectivity index (χ0n) is 14.1. The Morgan fingerprint density at radius 2 is 2.12 bits per heavy atom. The normalized spacial score (nSPS) is 21.7. The summed E-state index contributed by atoms with van der Waals surface area (Å²) in [6, 6.07) is 5.87. The van der Waals surface area contributed by atoms with Gasteiger partial charge < -0.3 is 21.9 Å². The summed E-state index contributed by atoms with van der Waals surface area (Å²) in [4.78, 5) is 4.54. The first-order valence-electron chi connectivity index (χ1n) is 8.41. The fourth-order valence-corrected chi connectivity index (χ4v) is 3.09. The van der Waals surface area contributed by atoms with Crippen molar-refractivity contribution in [2.75, 3.05) is 5.73 Å². The molecule has 1 aliphatic rings. The van der Waals surface area contributed by atoms with Crippen molar-refractivity contribution in [3.8, 4) is 0 Å². The van der Waals surface area contributed by atoms with Crippen LogP contribution in [0.25, 0.3) is 10.9 Å². The van der Waals surface area contributed by atoms with E-state index in [1.807, 2.05) is 18.2 Å². The number of nitrogen functional groups attached to an aromatic ring is 1. The van der Waals surface area contributed by atoms with Crippen molar-refractivity contribution in [1.29, 1.82) is 0 Å². The van der Waals surface area contributed by atoms with Crippen LogP contribution in [0.4, 0.5) is 5.69 Å². The van der Waals surface area contributed by atoms with E-state index in [1.165, 1.54) is 6.20 Å². The monoisotopic (exact) mass is 340 g/mol. The number of allylic oxidation sites excluding steroid dienone is 1. The minimum Gasteiger partial charge on any atom is -0.404 e. The molecule has 1 aliphatic carbocycles. The van der Waals surface area contributed by atoms with E-state index in [4.69, 9.17) is 11.5 Å². The first-order valence-corrected chi connectivity index (χ1v) is 8.41. The zero-order chi connectivity index (χ0) is 17.8. The summed E-state index contributed by atoms with van der Waals surface area (Å²) in [5.41, 5.74) is 13.0. The number of aliphatic hydroxyl groups is 1. The lowest BCUT2D eigenvalue weighted by molar-refractivity contribution is 0.118. The van der Waals surface area contributed by atoms with E-state index in [2.05, 4.69) is 22.0 Å². The molecule has 1 aromatic carbocycles. The van der Waals surface area contributed by atoms with Gasteiger partial charge in [-0.1, -0.05) is 6.58 Å². The molecule has 0 atom stereocenters. The summed E-state index contributed by atoms with van der Waals surface area (Å²) < 4.78 is 1.69. The predicted octanol–water partition coefficient (Wildman–Crippen LogP) is 1.70. The molecule has 1 aromatic heterocycles. The van der Waals surface area contributed by atoms with Crippen molar-refractivity contribution >= 4 is 22.4 Å². The maximum Gasteiger partial charge on any atom is 0.157 e. The average Bonchev–Trinajstić information content (AvgIpc) is 2.99. The van der Waals surface area contributed by atoms with E-state index in [9.17, 15) is 5.11 Å². The maximum atomic E-state index is 9.60. The number of benzene rings is 1. The van der Waals surface area contributed by atoms with E-state index in [0.29, 0.717) is 17.3 Å². The molecule has 0 spiro atoms. The van der Waals surface area contributed by atoms with Gasteiger partial charge in [0.1, 0.15) is 5.82 Å². The number of nitrogens with two attached hydrogens (primary N) is 2. The molecule has 2 aromatic rings. The van der Waals surface area contributed by atoms with Crippen molar-refractivity contribution in [1.82, 2.24) is 15.1 Å². The Kier molecular flexibility index (Phi) is 5.04. The van der Waals surface area contributed by atoms with E-state index in [-0.39, 0.29) is 12.1 Å². The highest BCUT2D eigenvalue weighted by molar-refractivity contribution is 6.01. The molecule has 0 amide bonds. The number of aromatic nitrogens is 2. The maximum absolute atomic E-state index is 9.60. The van der Waals surface area contributed by atoms with Crippen LogP contribution in [0.3, 0.4) is 0 Å². The second kappa shape index (κ2) is 7.40. The molecular formula is C18H24N6O. The quantitative estimate of drug-likeness (QED) is 0.384. The van der Waals surface area contributed by atoms with Gasteiger partial charge in [-0.2, -0.15) is 5.10 Å². The van der Waals surface area contributed by atoms with Gasteiger partial charge in [0.05, 0.1) is 17.8 Å². The highest BCUT2D eigenvalue weighted by Crippen LogP contribution is 2.20. The molecule has 1 fully saturated rings. The summed E-state index contributed by atoms with van der Waals surface area (Å²) in [6.45, 7) is 4.00. The van der Waals surface area contributed by atoms with Crippen molar-refractivity contribution in [2.45, 2.75) is 37.8 Å². The van der Waals surface area contributed by atoms with Crippen molar-refractivity contribution in [2.24, 2.45) is 10.7 Å². The number of fused-ring (bicyclic) bond motifs is 1. The number of nitrogens with zero attached hydrogens (tertiary/aromatic N) is 3. The van der Waals surface area contributed by atoms with Crippen molar-refractivity contribution in [3.05, 3.63) is 49.1 Å². The van der Waals surface area contributed by atoms with Crippen LogP contribution >= 0.6 is 0 Å². The van der Waals surface area contributed by atoms with Crippen LogP contribution in [0, 0.1) is 0 Å². The smallest absolute Gasteiger partial charge is 0.157 e. The van der Waals surface area contributed by atoms with Gasteiger partial charge in [-0.25, -0.2) is 9.67 Å². The fourth-order valence-electron chi connectivity index (χ4n) is 3.09. The molecular weight excluding hydrogens is 316 g/mol. The summed E-state index contributed by atoms with van der Waals surface area (Å²) in [5, 5.41) is 18.3. The van der Waals surface area contributed by atoms with Crippen molar-refractivity contribution < 1.29 is 5.11 Å². The van der Waals surface area contributed by atoms with E-state index in [1.54, 1.807) is 17.0 Å². The molecule has 3 rings (SSSR count). The molecule has 25 heavy (non-hydrogen) atoms. The Bertz CT molecular complexity index is 814. The minimum absolute atomic E-state index is 0.188. The Morgan fingerprint density at radius 3 is 2.84 bits per heavy atom. The molecule has 7 heteroatoms. The minimum atomic E-state index is -0.188. The Labute approximate surface area is 146 Å². The van der Waals surface area contributed by atoms with Gasteiger partial charge in [0.15, 0.2) is 5.84 Å². The lowest BCUT2D eigenvalue weighted by Gasteiger charge is -2.26. The van der Waals surface area contributed by atoms with Crippen LogP contribution < -0.4 is 16.8 Å². The zero-order valence-corrected chi connectivity index (χ0v) is 14.1. The first-order chi connectivity index (χ1) is 12.1. The van der Waals surface area contributed by atoms with Crippen LogP contribution in [-0.4, -0.2) is 32.9 Å². The number of hydrogen-bond donors (Lipinski definition) is 4. The predicted molar refractivity (Wildman–Crippen MR) is 101 cm³/mol. The molecule has 1 saturated carbocycles. The molecule has 0 unspecified atom stereocenters. The van der Waals surface area contributed by atoms with Crippen LogP contribution in [0.15, 0.2) is 54.1 Å². The number of hydrogen-bond acceptors (Lipinski definition) is 6. The third kappa shape index (κ3) is 4.00. The summed E-state index contributed by atoms with van der Waals surface area (Å²) in [7, 11) is 0. The van der Waals surface area contributed by atoms with Gasteiger partial charge in [-0.05, 0) is 56.2 Å². The average molecular weight is 340 g/mol. The summed E-state index contributed by atoms with van der Waals surface area (Å²) >= 11 is 0. The highest BCUT2D eigenvalue weighted by Gasteiger charge is 2.19. The number of aliphatic hydroxyl groups excluding tert-OH is 1. The lowest BCUT2D eigenvalue weighted by atomic mass is 9.93. The molecule has 0 aliphatic heterocycles. The van der Waals surface area contributed by atoms with Crippen LogP contribution in [0.5, 0.6) is 0 Å². The summed E-state index contributed by atoms with van der Waals surface area (Å²) in [5.74, 6) is 1.10. The molecule has 0 bridgehead atoms. The third-order valence-corrected chi connectivity index (χ3v) is 4.37. The molecule has 1 heterocycles. The number of rotatable bonds is 4. The molecule has 7 nitrogen and oxygen atoms in total. The lowest BCUT2D eigenvalue weighted by Crippen LogP contribution is -2.33. The number of aliphatic imine (C=N–C) groups is 1. The van der Waals surface area contributed by atoms with Gasteiger partial charge in [0.2, 0.25) is 0 Å². The topological polar surface area (TPSA) is 114 Å². The molecule has 0 saturated heterocycles. The first kappa shape index (κ1) is 17.0. The van der Waals surface area contributed by atoms with E-state index >= 15 is 0 Å². The molecule has 132 valence electrons. The van der Waals surface area contributed by atoms with Crippen LogP contribution in [0.2, 0.25) is 0 Å². The highest BCUT2D eigenvalue weighted by atomic mass is 16.3. The number of nitrogens with one attached hydrogen (secondary N) is 1. The van der Waals surface area contributed by atoms with Crippen molar-refractivity contribution in [3.63, 3.8) is 0 Å². The Hall–Kier alpha value is -2.80. The Balaban J connectivity index is 1.83. The Morgan fingerprint density at radius 1 is 1.36 bits per heavy atom.